The Balaban J connectivity index is 1.66. The Morgan fingerprint density at radius 2 is 1.86 bits per heavy atom. The lowest BCUT2D eigenvalue weighted by atomic mass is 9.98. The zero-order valence-electron chi connectivity index (χ0n) is 8.31. The third-order valence-corrected chi connectivity index (χ3v) is 3.87. The van der Waals surface area contributed by atoms with Crippen molar-refractivity contribution in [3.63, 3.8) is 0 Å². The second kappa shape index (κ2) is 4.87. The van der Waals surface area contributed by atoms with Gasteiger partial charge in [0.2, 0.25) is 0 Å². The van der Waals surface area contributed by atoms with Crippen molar-refractivity contribution in [3.05, 3.63) is 10.6 Å². The second-order valence-corrected chi connectivity index (χ2v) is 5.23. The second-order valence-electron chi connectivity index (χ2n) is 4.53. The number of halogens is 2. The standard InChI is InChI=1S/C11H17Cl2N/c12-5-10(13)6-14-7-11(8-1-2-8)9-3-4-9/h5,8-9,11,14H,1-4,6-7H2. The Morgan fingerprint density at radius 1 is 1.29 bits per heavy atom. The maximum absolute atomic E-state index is 5.81. The van der Waals surface area contributed by atoms with Gasteiger partial charge in [-0.25, -0.2) is 0 Å². The van der Waals surface area contributed by atoms with Gasteiger partial charge in [0, 0.05) is 17.1 Å². The van der Waals surface area contributed by atoms with Crippen LogP contribution in [0.25, 0.3) is 0 Å². The zero-order valence-corrected chi connectivity index (χ0v) is 9.82. The summed E-state index contributed by atoms with van der Waals surface area (Å²) in [5.41, 5.74) is 1.44. The number of hydrogen-bond acceptors (Lipinski definition) is 1. The Hall–Kier alpha value is 0.280. The summed E-state index contributed by atoms with van der Waals surface area (Å²) >= 11 is 11.3. The van der Waals surface area contributed by atoms with Crippen LogP contribution in [0.4, 0.5) is 0 Å². The van der Waals surface area contributed by atoms with Gasteiger partial charge >= 0.3 is 0 Å². The topological polar surface area (TPSA) is 12.0 Å². The van der Waals surface area contributed by atoms with E-state index < -0.39 is 0 Å². The fraction of sp³-hybridized carbons (Fsp3) is 0.818. The SMILES string of the molecule is ClC=C(Cl)CNCC(C1CC1)C1CC1. The van der Waals surface area contributed by atoms with Gasteiger partial charge in [-0.2, -0.15) is 0 Å². The summed E-state index contributed by atoms with van der Waals surface area (Å²) in [4.78, 5) is 0. The summed E-state index contributed by atoms with van der Waals surface area (Å²) in [6, 6.07) is 0. The average molecular weight is 234 g/mol. The molecule has 14 heavy (non-hydrogen) atoms. The zero-order chi connectivity index (χ0) is 9.97. The van der Waals surface area contributed by atoms with E-state index in [1.165, 1.54) is 31.2 Å². The first-order chi connectivity index (χ1) is 6.81. The van der Waals surface area contributed by atoms with Gasteiger partial charge in [0.15, 0.2) is 0 Å². The molecule has 0 aromatic carbocycles. The monoisotopic (exact) mass is 233 g/mol. The fourth-order valence-corrected chi connectivity index (χ4v) is 2.34. The van der Waals surface area contributed by atoms with Crippen molar-refractivity contribution in [1.29, 1.82) is 0 Å². The highest BCUT2D eigenvalue weighted by molar-refractivity contribution is 6.36. The lowest BCUT2D eigenvalue weighted by Gasteiger charge is -2.15. The van der Waals surface area contributed by atoms with Gasteiger partial charge in [0.25, 0.3) is 0 Å². The fourth-order valence-electron chi connectivity index (χ4n) is 2.16. The molecule has 2 saturated carbocycles. The third kappa shape index (κ3) is 3.15. The van der Waals surface area contributed by atoms with E-state index in [1.54, 1.807) is 0 Å². The molecule has 0 aromatic rings. The van der Waals surface area contributed by atoms with Gasteiger partial charge in [-0.15, -0.1) is 0 Å². The van der Waals surface area contributed by atoms with Crippen molar-refractivity contribution in [2.24, 2.45) is 17.8 Å². The Kier molecular flexibility index (Phi) is 3.75. The van der Waals surface area contributed by atoms with E-state index in [2.05, 4.69) is 5.32 Å². The minimum atomic E-state index is 0.706. The van der Waals surface area contributed by atoms with Gasteiger partial charge in [-0.05, 0) is 50.0 Å². The maximum atomic E-state index is 5.81. The van der Waals surface area contributed by atoms with Gasteiger partial charge in [0.1, 0.15) is 0 Å². The quantitative estimate of drug-likeness (QED) is 0.743. The van der Waals surface area contributed by atoms with Crippen LogP contribution in [-0.4, -0.2) is 13.1 Å². The average Bonchev–Trinajstić information content (AvgIpc) is 3.03. The van der Waals surface area contributed by atoms with Crippen LogP contribution in [-0.2, 0) is 0 Å². The molecule has 80 valence electrons. The van der Waals surface area contributed by atoms with Gasteiger partial charge in [-0.1, -0.05) is 23.2 Å². The van der Waals surface area contributed by atoms with Gasteiger partial charge < -0.3 is 5.32 Å². The van der Waals surface area contributed by atoms with Crippen LogP contribution >= 0.6 is 23.2 Å². The van der Waals surface area contributed by atoms with Crippen molar-refractivity contribution in [1.82, 2.24) is 5.32 Å². The normalized spacial score (nSPS) is 23.2. The molecule has 3 heteroatoms. The number of rotatable bonds is 6. The molecule has 0 bridgehead atoms. The minimum Gasteiger partial charge on any atom is -0.311 e. The Labute approximate surface area is 95.8 Å². The molecule has 0 aliphatic heterocycles. The molecule has 2 aliphatic carbocycles. The van der Waals surface area contributed by atoms with E-state index in [1.807, 2.05) is 0 Å². The van der Waals surface area contributed by atoms with Crippen molar-refractivity contribution < 1.29 is 0 Å². The van der Waals surface area contributed by atoms with Crippen LogP contribution in [0.5, 0.6) is 0 Å². The summed E-state index contributed by atoms with van der Waals surface area (Å²) in [7, 11) is 0. The van der Waals surface area contributed by atoms with Crippen LogP contribution in [0.2, 0.25) is 0 Å². The molecule has 2 aliphatic rings. The molecule has 0 radical (unpaired) electrons. The number of hydrogen-bond donors (Lipinski definition) is 1. The van der Waals surface area contributed by atoms with Crippen molar-refractivity contribution >= 4 is 23.2 Å². The predicted octanol–water partition coefficient (Wildman–Crippen LogP) is 3.33. The molecule has 0 unspecified atom stereocenters. The van der Waals surface area contributed by atoms with E-state index in [-0.39, 0.29) is 0 Å². The molecule has 0 atom stereocenters. The molecule has 2 fully saturated rings. The van der Waals surface area contributed by atoms with Gasteiger partial charge in [-0.3, -0.25) is 0 Å². The summed E-state index contributed by atoms with van der Waals surface area (Å²) < 4.78 is 0. The molecule has 2 rings (SSSR count). The molecule has 0 saturated heterocycles. The molecule has 0 aromatic heterocycles. The first-order valence-electron chi connectivity index (χ1n) is 5.46. The molecule has 1 N–H and O–H groups in total. The van der Waals surface area contributed by atoms with E-state index in [9.17, 15) is 0 Å². The van der Waals surface area contributed by atoms with Gasteiger partial charge in [0.05, 0.1) is 0 Å². The minimum absolute atomic E-state index is 0.706. The highest BCUT2D eigenvalue weighted by atomic mass is 35.5. The number of nitrogens with one attached hydrogen (secondary N) is 1. The molecule has 0 heterocycles. The molecule has 0 spiro atoms. The van der Waals surface area contributed by atoms with Crippen LogP contribution in [0.1, 0.15) is 25.7 Å². The van der Waals surface area contributed by atoms with Crippen molar-refractivity contribution in [2.45, 2.75) is 25.7 Å². The highest BCUT2D eigenvalue weighted by Gasteiger charge is 2.40. The van der Waals surface area contributed by atoms with Crippen LogP contribution < -0.4 is 5.32 Å². The highest BCUT2D eigenvalue weighted by Crippen LogP contribution is 2.48. The molecule has 1 nitrogen and oxygen atoms in total. The molecule has 0 amide bonds. The lowest BCUT2D eigenvalue weighted by Crippen LogP contribution is -2.26. The summed E-state index contributed by atoms with van der Waals surface area (Å²) in [6.07, 6.45) is 5.79. The van der Waals surface area contributed by atoms with Crippen molar-refractivity contribution in [3.8, 4) is 0 Å². The summed E-state index contributed by atoms with van der Waals surface area (Å²) in [5.74, 6) is 2.93. The van der Waals surface area contributed by atoms with E-state index >= 15 is 0 Å². The predicted molar refractivity (Wildman–Crippen MR) is 61.6 cm³/mol. The molecular weight excluding hydrogens is 217 g/mol. The van der Waals surface area contributed by atoms with E-state index in [0.717, 1.165) is 30.8 Å². The van der Waals surface area contributed by atoms with Crippen LogP contribution in [0.3, 0.4) is 0 Å². The first kappa shape index (κ1) is 10.8. The lowest BCUT2D eigenvalue weighted by molar-refractivity contribution is 0.385. The summed E-state index contributed by atoms with van der Waals surface area (Å²) in [6.45, 7) is 1.84. The van der Waals surface area contributed by atoms with E-state index in [4.69, 9.17) is 23.2 Å². The van der Waals surface area contributed by atoms with E-state index in [0.29, 0.717) is 5.03 Å². The van der Waals surface area contributed by atoms with Crippen LogP contribution in [0, 0.1) is 17.8 Å². The van der Waals surface area contributed by atoms with Crippen LogP contribution in [0.15, 0.2) is 10.6 Å². The molecular formula is C11H17Cl2N. The smallest absolute Gasteiger partial charge is 0.0431 e. The third-order valence-electron chi connectivity index (χ3n) is 3.25. The summed E-state index contributed by atoms with van der Waals surface area (Å²) in [5, 5.41) is 4.10. The Bertz CT molecular complexity index is 207. The Morgan fingerprint density at radius 3 is 2.29 bits per heavy atom. The first-order valence-corrected chi connectivity index (χ1v) is 6.28. The largest absolute Gasteiger partial charge is 0.311 e. The van der Waals surface area contributed by atoms with Crippen molar-refractivity contribution in [2.75, 3.05) is 13.1 Å². The maximum Gasteiger partial charge on any atom is 0.0431 e.